The number of nitrogens with zero attached hydrogens (tertiary/aromatic N) is 3. The summed E-state index contributed by atoms with van der Waals surface area (Å²) in [6.45, 7) is 1.90. The van der Waals surface area contributed by atoms with Crippen molar-refractivity contribution >= 4 is 34.3 Å². The molecular weight excluding hydrogens is 426 g/mol. The number of hydrazine groups is 1. The summed E-state index contributed by atoms with van der Waals surface area (Å²) in [7, 11) is 1.84. The zero-order valence-electron chi connectivity index (χ0n) is 17.7. The van der Waals surface area contributed by atoms with Crippen LogP contribution >= 0.6 is 11.6 Å². The molecule has 0 saturated heterocycles. The normalized spacial score (nSPS) is 10.8. The van der Waals surface area contributed by atoms with E-state index in [0.29, 0.717) is 33.6 Å². The number of hydrogen-bond donors (Lipinski definition) is 2. The van der Waals surface area contributed by atoms with Gasteiger partial charge in [-0.3, -0.25) is 25.1 Å². The van der Waals surface area contributed by atoms with Gasteiger partial charge in [-0.1, -0.05) is 48.0 Å². The Hall–Kier alpha value is -3.71. The average molecular weight is 448 g/mol. The van der Waals surface area contributed by atoms with Crippen molar-refractivity contribution in [2.75, 3.05) is 0 Å². The molecule has 0 radical (unpaired) electrons. The average Bonchev–Trinajstić information content (AvgIpc) is 3.12. The zero-order chi connectivity index (χ0) is 22.7. The van der Waals surface area contributed by atoms with Crippen molar-refractivity contribution in [2.24, 2.45) is 7.05 Å². The maximum atomic E-state index is 13.0. The smallest absolute Gasteiger partial charge is 0.270 e. The summed E-state index contributed by atoms with van der Waals surface area (Å²) in [4.78, 5) is 29.9. The number of amides is 2. The maximum absolute atomic E-state index is 13.0. The third-order valence-electron chi connectivity index (χ3n) is 5.16. The summed E-state index contributed by atoms with van der Waals surface area (Å²) in [5.41, 5.74) is 9.27. The second-order valence-electron chi connectivity index (χ2n) is 7.47. The molecule has 32 heavy (non-hydrogen) atoms. The van der Waals surface area contributed by atoms with Gasteiger partial charge in [0.15, 0.2) is 0 Å². The van der Waals surface area contributed by atoms with Gasteiger partial charge in [0.25, 0.3) is 5.91 Å². The summed E-state index contributed by atoms with van der Waals surface area (Å²) in [6, 6.07) is 16.4. The van der Waals surface area contributed by atoms with Gasteiger partial charge < -0.3 is 0 Å². The molecule has 0 aliphatic heterocycles. The van der Waals surface area contributed by atoms with Gasteiger partial charge in [0.1, 0.15) is 0 Å². The number of aromatic nitrogens is 3. The summed E-state index contributed by atoms with van der Waals surface area (Å²) in [5.74, 6) is -0.714. The molecular formula is C24H22ClN5O2. The minimum Gasteiger partial charge on any atom is -0.275 e. The van der Waals surface area contributed by atoms with Crippen molar-refractivity contribution < 1.29 is 9.59 Å². The fourth-order valence-electron chi connectivity index (χ4n) is 3.57. The van der Waals surface area contributed by atoms with Crippen LogP contribution in [0.25, 0.3) is 22.2 Å². The summed E-state index contributed by atoms with van der Waals surface area (Å²) in [5, 5.41) is 5.49. The Bertz CT molecular complexity index is 1310. The van der Waals surface area contributed by atoms with Gasteiger partial charge in [0, 0.05) is 35.6 Å². The molecule has 0 aliphatic rings. The lowest BCUT2D eigenvalue weighted by Gasteiger charge is -2.12. The van der Waals surface area contributed by atoms with E-state index in [1.54, 1.807) is 16.8 Å². The topological polar surface area (TPSA) is 88.9 Å². The van der Waals surface area contributed by atoms with E-state index in [2.05, 4.69) is 20.9 Å². The van der Waals surface area contributed by atoms with E-state index in [4.69, 9.17) is 11.6 Å². The highest BCUT2D eigenvalue weighted by atomic mass is 35.5. The maximum Gasteiger partial charge on any atom is 0.270 e. The van der Waals surface area contributed by atoms with Gasteiger partial charge in [-0.15, -0.1) is 0 Å². The largest absolute Gasteiger partial charge is 0.275 e. The Kier molecular flexibility index (Phi) is 6.18. The minimum absolute atomic E-state index is 0.231. The first kappa shape index (κ1) is 21.5. The van der Waals surface area contributed by atoms with Crippen LogP contribution < -0.4 is 10.9 Å². The van der Waals surface area contributed by atoms with E-state index in [1.807, 2.05) is 62.6 Å². The SMILES string of the molecule is Cc1nn(C)cc1CCC(=O)NNC(=O)c1cc(-c2ccccc2Cl)nc2ccccc12. The Morgan fingerprint density at radius 2 is 1.81 bits per heavy atom. The van der Waals surface area contributed by atoms with Crippen LogP contribution in [0.4, 0.5) is 0 Å². The molecule has 162 valence electrons. The molecule has 0 unspecified atom stereocenters. The van der Waals surface area contributed by atoms with Crippen molar-refractivity contribution in [3.63, 3.8) is 0 Å². The summed E-state index contributed by atoms with van der Waals surface area (Å²) >= 11 is 6.34. The van der Waals surface area contributed by atoms with Crippen molar-refractivity contribution in [1.82, 2.24) is 25.6 Å². The van der Waals surface area contributed by atoms with E-state index in [0.717, 1.165) is 16.8 Å². The molecule has 2 amide bonds. The highest BCUT2D eigenvalue weighted by Gasteiger charge is 2.16. The van der Waals surface area contributed by atoms with Crippen LogP contribution in [0, 0.1) is 6.92 Å². The van der Waals surface area contributed by atoms with Crippen LogP contribution in [-0.4, -0.2) is 26.6 Å². The van der Waals surface area contributed by atoms with E-state index < -0.39 is 5.91 Å². The molecule has 2 aromatic heterocycles. The second-order valence-corrected chi connectivity index (χ2v) is 7.87. The molecule has 0 saturated carbocycles. The molecule has 4 aromatic rings. The molecule has 0 bridgehead atoms. The number of aryl methyl sites for hydroxylation is 3. The Labute approximate surface area is 190 Å². The monoisotopic (exact) mass is 447 g/mol. The Morgan fingerprint density at radius 1 is 1.06 bits per heavy atom. The van der Waals surface area contributed by atoms with Crippen LogP contribution in [0.1, 0.15) is 28.0 Å². The number of halogens is 1. The van der Waals surface area contributed by atoms with Gasteiger partial charge in [0.05, 0.1) is 22.5 Å². The molecule has 0 spiro atoms. The molecule has 0 atom stereocenters. The number of carbonyl (C=O) groups is 2. The highest BCUT2D eigenvalue weighted by molar-refractivity contribution is 6.33. The number of benzene rings is 2. The van der Waals surface area contributed by atoms with Gasteiger partial charge in [0.2, 0.25) is 5.91 Å². The standard InChI is InChI=1S/C24H22ClN5O2/c1-15-16(14-30(2)29-15)11-12-23(31)27-28-24(32)19-13-22(18-8-3-5-9-20(18)25)26-21-10-6-4-7-17(19)21/h3-10,13-14H,11-12H2,1-2H3,(H,27,31)(H,28,32). The lowest BCUT2D eigenvalue weighted by Crippen LogP contribution is -2.41. The number of para-hydroxylation sites is 1. The molecule has 2 heterocycles. The second kappa shape index (κ2) is 9.20. The van der Waals surface area contributed by atoms with E-state index >= 15 is 0 Å². The van der Waals surface area contributed by atoms with Crippen molar-refractivity contribution in [2.45, 2.75) is 19.8 Å². The molecule has 0 fully saturated rings. The van der Waals surface area contributed by atoms with Crippen LogP contribution in [0.3, 0.4) is 0 Å². The van der Waals surface area contributed by atoms with Gasteiger partial charge in [-0.25, -0.2) is 4.98 Å². The van der Waals surface area contributed by atoms with Crippen LogP contribution in [-0.2, 0) is 18.3 Å². The molecule has 7 nitrogen and oxygen atoms in total. The molecule has 8 heteroatoms. The van der Waals surface area contributed by atoms with E-state index in [9.17, 15) is 9.59 Å². The van der Waals surface area contributed by atoms with Crippen molar-refractivity contribution in [1.29, 1.82) is 0 Å². The number of fused-ring (bicyclic) bond motifs is 1. The van der Waals surface area contributed by atoms with Gasteiger partial charge >= 0.3 is 0 Å². The van der Waals surface area contributed by atoms with E-state index in [-0.39, 0.29) is 12.3 Å². The zero-order valence-corrected chi connectivity index (χ0v) is 18.5. The minimum atomic E-state index is -0.428. The predicted octanol–water partition coefficient (Wildman–Crippen LogP) is 3.99. The third-order valence-corrected chi connectivity index (χ3v) is 5.49. The fourth-order valence-corrected chi connectivity index (χ4v) is 3.80. The summed E-state index contributed by atoms with van der Waals surface area (Å²) in [6.07, 6.45) is 2.66. The fraction of sp³-hybridized carbons (Fsp3) is 0.167. The Balaban J connectivity index is 1.52. The van der Waals surface area contributed by atoms with Crippen molar-refractivity contribution in [3.8, 4) is 11.3 Å². The highest BCUT2D eigenvalue weighted by Crippen LogP contribution is 2.29. The molecule has 2 aromatic carbocycles. The van der Waals surface area contributed by atoms with Gasteiger partial charge in [-0.2, -0.15) is 5.10 Å². The Morgan fingerprint density at radius 3 is 2.56 bits per heavy atom. The first-order chi connectivity index (χ1) is 15.4. The first-order valence-electron chi connectivity index (χ1n) is 10.2. The van der Waals surface area contributed by atoms with Crippen LogP contribution in [0.15, 0.2) is 60.8 Å². The molecule has 2 N–H and O–H groups in total. The van der Waals surface area contributed by atoms with Crippen molar-refractivity contribution in [3.05, 3.63) is 82.6 Å². The molecule has 0 aliphatic carbocycles. The number of nitrogens with one attached hydrogen (secondary N) is 2. The number of pyridine rings is 1. The first-order valence-corrected chi connectivity index (χ1v) is 10.5. The lowest BCUT2D eigenvalue weighted by molar-refractivity contribution is -0.121. The number of rotatable bonds is 5. The van der Waals surface area contributed by atoms with Crippen LogP contribution in [0.5, 0.6) is 0 Å². The van der Waals surface area contributed by atoms with Crippen LogP contribution in [0.2, 0.25) is 5.02 Å². The van der Waals surface area contributed by atoms with Gasteiger partial charge in [-0.05, 0) is 37.1 Å². The predicted molar refractivity (Wildman–Crippen MR) is 124 cm³/mol. The number of carbonyl (C=O) groups excluding carboxylic acids is 2. The quantitative estimate of drug-likeness (QED) is 0.453. The lowest BCUT2D eigenvalue weighted by atomic mass is 10.0. The third kappa shape index (κ3) is 4.63. The van der Waals surface area contributed by atoms with E-state index in [1.165, 1.54) is 0 Å². The molecule has 4 rings (SSSR count). The summed E-state index contributed by atoms with van der Waals surface area (Å²) < 4.78 is 1.72. The number of hydrogen-bond acceptors (Lipinski definition) is 4.